The number of halogens is 1. The van der Waals surface area contributed by atoms with Gasteiger partial charge in [0.05, 0.1) is 23.8 Å². The Morgan fingerprint density at radius 3 is 2.90 bits per heavy atom. The molecule has 4 aromatic rings. The second kappa shape index (κ2) is 8.19. The molecule has 0 spiro atoms. The number of hydrogen-bond donors (Lipinski definition) is 1. The third-order valence-corrected chi connectivity index (χ3v) is 5.28. The molecule has 1 aliphatic rings. The highest BCUT2D eigenvalue weighted by Crippen LogP contribution is 2.25. The minimum atomic E-state index is -0.0312. The summed E-state index contributed by atoms with van der Waals surface area (Å²) in [6.07, 6.45) is 9.56. The number of nitrogens with zero attached hydrogens (tertiary/aromatic N) is 4. The molecule has 1 N–H and O–H groups in total. The fraction of sp³-hybridized carbons (Fsp3) is 0.227. The zero-order chi connectivity index (χ0) is 18.9. The molecule has 5 rings (SSSR count). The van der Waals surface area contributed by atoms with E-state index in [4.69, 9.17) is 0 Å². The van der Waals surface area contributed by atoms with Crippen LogP contribution in [-0.2, 0) is 13.0 Å². The molecule has 148 valence electrons. The molecule has 4 heterocycles. The van der Waals surface area contributed by atoms with Gasteiger partial charge in [-0.15, -0.1) is 12.4 Å². The molecule has 0 radical (unpaired) electrons. The third kappa shape index (κ3) is 3.69. The van der Waals surface area contributed by atoms with Crippen LogP contribution in [0.2, 0.25) is 0 Å². The van der Waals surface area contributed by atoms with E-state index in [2.05, 4.69) is 21.5 Å². The molecule has 0 bridgehead atoms. The van der Waals surface area contributed by atoms with Crippen molar-refractivity contribution in [3.63, 3.8) is 0 Å². The molecular formula is C22H22ClN5O. The number of imidazole rings is 1. The first-order valence-corrected chi connectivity index (χ1v) is 9.61. The number of nitrogens with one attached hydrogen (secondary N) is 1. The molecule has 6 nitrogen and oxygen atoms in total. The Kier molecular flexibility index (Phi) is 5.47. The highest BCUT2D eigenvalue weighted by Gasteiger charge is 2.14. The van der Waals surface area contributed by atoms with Crippen molar-refractivity contribution in [2.45, 2.75) is 19.4 Å². The fourth-order valence-electron chi connectivity index (χ4n) is 3.85. The van der Waals surface area contributed by atoms with E-state index < -0.39 is 0 Å². The van der Waals surface area contributed by atoms with E-state index >= 15 is 0 Å². The zero-order valence-corrected chi connectivity index (χ0v) is 16.7. The summed E-state index contributed by atoms with van der Waals surface area (Å²) in [7, 11) is 0. The molecule has 0 unspecified atom stereocenters. The maximum Gasteiger partial charge on any atom is 0.275 e. The Morgan fingerprint density at radius 1 is 1.14 bits per heavy atom. The smallest absolute Gasteiger partial charge is 0.275 e. The van der Waals surface area contributed by atoms with Crippen LogP contribution in [0, 0.1) is 0 Å². The van der Waals surface area contributed by atoms with E-state index in [0.717, 1.165) is 47.2 Å². The van der Waals surface area contributed by atoms with Gasteiger partial charge in [0.15, 0.2) is 0 Å². The molecule has 0 saturated carbocycles. The number of fused-ring (bicyclic) bond motifs is 2. The first kappa shape index (κ1) is 19.4. The topological polar surface area (TPSA) is 64.2 Å². The van der Waals surface area contributed by atoms with Crippen molar-refractivity contribution in [3.8, 4) is 0 Å². The summed E-state index contributed by atoms with van der Waals surface area (Å²) in [6, 6.07) is 11.9. The summed E-state index contributed by atoms with van der Waals surface area (Å²) in [4.78, 5) is 17.8. The molecule has 0 fully saturated rings. The van der Waals surface area contributed by atoms with E-state index in [9.17, 15) is 4.79 Å². The number of benzene rings is 1. The van der Waals surface area contributed by atoms with Gasteiger partial charge >= 0.3 is 0 Å². The van der Waals surface area contributed by atoms with Crippen molar-refractivity contribution in [1.29, 1.82) is 0 Å². The van der Waals surface area contributed by atoms with Crippen molar-refractivity contribution in [2.24, 2.45) is 0 Å². The fourth-order valence-corrected chi connectivity index (χ4v) is 3.85. The van der Waals surface area contributed by atoms with Gasteiger partial charge in [0.25, 0.3) is 5.56 Å². The molecule has 0 atom stereocenters. The van der Waals surface area contributed by atoms with Gasteiger partial charge in [0, 0.05) is 30.7 Å². The Bertz CT molecular complexity index is 1220. The molecule has 0 saturated heterocycles. The SMILES string of the molecule is Cl.O=c1c2c(C3=CCNCC3)cccc2cnn1CCc1cn2ccccc2n1. The predicted molar refractivity (Wildman–Crippen MR) is 118 cm³/mol. The highest BCUT2D eigenvalue weighted by atomic mass is 35.5. The summed E-state index contributed by atoms with van der Waals surface area (Å²) in [6.45, 7) is 2.29. The van der Waals surface area contributed by atoms with Gasteiger partial charge in [-0.3, -0.25) is 4.79 Å². The first-order valence-electron chi connectivity index (χ1n) is 9.61. The van der Waals surface area contributed by atoms with Crippen LogP contribution in [0.1, 0.15) is 17.7 Å². The zero-order valence-electron chi connectivity index (χ0n) is 15.9. The van der Waals surface area contributed by atoms with Crippen molar-refractivity contribution in [2.75, 3.05) is 13.1 Å². The lowest BCUT2D eigenvalue weighted by Crippen LogP contribution is -2.25. The van der Waals surface area contributed by atoms with E-state index in [0.29, 0.717) is 13.0 Å². The van der Waals surface area contributed by atoms with Crippen molar-refractivity contribution in [3.05, 3.63) is 82.7 Å². The summed E-state index contributed by atoms with van der Waals surface area (Å²) in [5, 5.41) is 9.39. The van der Waals surface area contributed by atoms with Crippen molar-refractivity contribution >= 4 is 34.4 Å². The van der Waals surface area contributed by atoms with Gasteiger partial charge in [0.1, 0.15) is 5.65 Å². The van der Waals surface area contributed by atoms with Crippen LogP contribution in [0.25, 0.3) is 22.0 Å². The predicted octanol–water partition coefficient (Wildman–Crippen LogP) is 3.09. The van der Waals surface area contributed by atoms with E-state index in [1.807, 2.05) is 53.2 Å². The molecular weight excluding hydrogens is 386 g/mol. The number of hydrogen-bond acceptors (Lipinski definition) is 4. The van der Waals surface area contributed by atoms with Crippen LogP contribution >= 0.6 is 12.4 Å². The number of pyridine rings is 1. The normalized spacial score (nSPS) is 14.0. The second-order valence-electron chi connectivity index (χ2n) is 7.07. The minimum absolute atomic E-state index is 0. The first-order chi connectivity index (χ1) is 13.8. The summed E-state index contributed by atoms with van der Waals surface area (Å²) < 4.78 is 3.56. The lowest BCUT2D eigenvalue weighted by molar-refractivity contribution is 0.580. The molecule has 1 aromatic carbocycles. The van der Waals surface area contributed by atoms with Crippen LogP contribution in [0.15, 0.2) is 65.9 Å². The Balaban J connectivity index is 0.00000205. The standard InChI is InChI=1S/C22H21N5O.ClH/c28-22-21-17(4-3-5-19(21)16-7-10-23-11-8-16)14-24-27(22)13-9-18-15-26-12-2-1-6-20(26)25-18;/h1-7,12,14-15,23H,8-11,13H2;1H. The minimum Gasteiger partial charge on any atom is -0.313 e. The lowest BCUT2D eigenvalue weighted by Gasteiger charge is -2.16. The molecule has 7 heteroatoms. The summed E-state index contributed by atoms with van der Waals surface area (Å²) in [5.41, 5.74) is 4.11. The van der Waals surface area contributed by atoms with Gasteiger partial charge in [0.2, 0.25) is 0 Å². The molecule has 1 aliphatic heterocycles. The monoisotopic (exact) mass is 407 g/mol. The maximum absolute atomic E-state index is 13.2. The average molecular weight is 408 g/mol. The quantitative estimate of drug-likeness (QED) is 0.564. The number of aromatic nitrogens is 4. The Hall–Kier alpha value is -2.96. The lowest BCUT2D eigenvalue weighted by atomic mass is 9.96. The van der Waals surface area contributed by atoms with Crippen LogP contribution in [0.4, 0.5) is 0 Å². The van der Waals surface area contributed by atoms with Crippen molar-refractivity contribution < 1.29 is 0 Å². The Labute approximate surface area is 174 Å². The molecule has 3 aromatic heterocycles. The van der Waals surface area contributed by atoms with Gasteiger partial charge in [-0.1, -0.05) is 30.3 Å². The molecule has 0 aliphatic carbocycles. The van der Waals surface area contributed by atoms with Crippen LogP contribution in [0.5, 0.6) is 0 Å². The number of rotatable bonds is 4. The van der Waals surface area contributed by atoms with Gasteiger partial charge in [-0.25, -0.2) is 9.67 Å². The van der Waals surface area contributed by atoms with E-state index in [1.165, 1.54) is 5.57 Å². The second-order valence-corrected chi connectivity index (χ2v) is 7.07. The third-order valence-electron chi connectivity index (χ3n) is 5.28. The van der Waals surface area contributed by atoms with Gasteiger partial charge in [-0.05, 0) is 36.2 Å². The highest BCUT2D eigenvalue weighted by molar-refractivity contribution is 5.93. The van der Waals surface area contributed by atoms with Gasteiger partial charge < -0.3 is 9.72 Å². The van der Waals surface area contributed by atoms with Crippen LogP contribution in [0.3, 0.4) is 0 Å². The molecule has 29 heavy (non-hydrogen) atoms. The molecule has 0 amide bonds. The van der Waals surface area contributed by atoms with E-state index in [-0.39, 0.29) is 18.0 Å². The summed E-state index contributed by atoms with van der Waals surface area (Å²) >= 11 is 0. The van der Waals surface area contributed by atoms with Gasteiger partial charge in [-0.2, -0.15) is 5.10 Å². The van der Waals surface area contributed by atoms with Crippen molar-refractivity contribution in [1.82, 2.24) is 24.5 Å². The Morgan fingerprint density at radius 2 is 2.07 bits per heavy atom. The van der Waals surface area contributed by atoms with Crippen LogP contribution < -0.4 is 10.9 Å². The van der Waals surface area contributed by atoms with Crippen LogP contribution in [-0.4, -0.2) is 32.3 Å². The maximum atomic E-state index is 13.2. The largest absolute Gasteiger partial charge is 0.313 e. The van der Waals surface area contributed by atoms with E-state index in [1.54, 1.807) is 10.9 Å². The summed E-state index contributed by atoms with van der Waals surface area (Å²) in [5.74, 6) is 0. The number of aryl methyl sites for hydroxylation is 2. The average Bonchev–Trinajstić information content (AvgIpc) is 3.16.